The summed E-state index contributed by atoms with van der Waals surface area (Å²) in [6.07, 6.45) is 3.13. The normalized spacial score (nSPS) is 21.6. The number of benzene rings is 1. The number of nitrogens with one attached hydrogen (secondary N) is 1. The molecular weight excluding hydrogens is 337 g/mol. The van der Waals surface area contributed by atoms with E-state index in [2.05, 4.69) is 4.98 Å². The maximum atomic E-state index is 14.7. The lowest BCUT2D eigenvalue weighted by molar-refractivity contribution is 0.0695. The van der Waals surface area contributed by atoms with Crippen LogP contribution in [-0.2, 0) is 0 Å². The van der Waals surface area contributed by atoms with E-state index in [4.69, 9.17) is 22.4 Å². The molecule has 1 saturated carbocycles. The molecule has 1 spiro atoms. The summed E-state index contributed by atoms with van der Waals surface area (Å²) in [7, 11) is 0. The van der Waals surface area contributed by atoms with Gasteiger partial charge in [-0.25, -0.2) is 9.18 Å². The SMILES string of the molecule is NC1CN(c2c(F)cc3c(=O)c(C(=O)O)c[nH]c3c2Cl)CC12CC2. The Balaban J connectivity index is 1.88. The molecule has 126 valence electrons. The highest BCUT2D eigenvalue weighted by Crippen LogP contribution is 2.53. The molecule has 1 atom stereocenters. The summed E-state index contributed by atoms with van der Waals surface area (Å²) >= 11 is 6.35. The van der Waals surface area contributed by atoms with E-state index < -0.39 is 22.8 Å². The number of nitrogens with two attached hydrogens (primary N) is 1. The van der Waals surface area contributed by atoms with Gasteiger partial charge in [0, 0.05) is 30.7 Å². The highest BCUT2D eigenvalue weighted by atomic mass is 35.5. The lowest BCUT2D eigenvalue weighted by Crippen LogP contribution is -2.30. The molecule has 6 nitrogen and oxygen atoms in total. The molecule has 1 saturated heterocycles. The average Bonchev–Trinajstić information content (AvgIpc) is 3.21. The van der Waals surface area contributed by atoms with Crippen molar-refractivity contribution in [1.29, 1.82) is 0 Å². The maximum Gasteiger partial charge on any atom is 0.341 e. The largest absolute Gasteiger partial charge is 0.477 e. The Morgan fingerprint density at radius 2 is 2.21 bits per heavy atom. The van der Waals surface area contributed by atoms with Gasteiger partial charge in [0.15, 0.2) is 0 Å². The minimum atomic E-state index is -1.38. The van der Waals surface area contributed by atoms with Gasteiger partial charge >= 0.3 is 5.97 Å². The molecule has 1 aliphatic heterocycles. The molecule has 0 bridgehead atoms. The quantitative estimate of drug-likeness (QED) is 0.768. The summed E-state index contributed by atoms with van der Waals surface area (Å²) in [6.45, 7) is 1.13. The van der Waals surface area contributed by atoms with Crippen LogP contribution in [0.4, 0.5) is 10.1 Å². The van der Waals surface area contributed by atoms with Gasteiger partial charge in [0.25, 0.3) is 0 Å². The fraction of sp³-hybridized carbons (Fsp3) is 0.375. The molecule has 2 fully saturated rings. The van der Waals surface area contributed by atoms with E-state index in [-0.39, 0.29) is 33.1 Å². The number of aromatic amines is 1. The fourth-order valence-corrected chi connectivity index (χ4v) is 3.95. The fourth-order valence-electron chi connectivity index (χ4n) is 3.59. The summed E-state index contributed by atoms with van der Waals surface area (Å²) in [6, 6.07) is 1.02. The molecule has 4 N–H and O–H groups in total. The van der Waals surface area contributed by atoms with Gasteiger partial charge in [-0.05, 0) is 18.9 Å². The Labute approximate surface area is 141 Å². The Morgan fingerprint density at radius 1 is 1.50 bits per heavy atom. The second-order valence-corrected chi connectivity index (χ2v) is 7.01. The zero-order valence-corrected chi connectivity index (χ0v) is 13.4. The lowest BCUT2D eigenvalue weighted by Gasteiger charge is -2.21. The lowest BCUT2D eigenvalue weighted by atomic mass is 10.0. The first-order valence-corrected chi connectivity index (χ1v) is 7.99. The number of fused-ring (bicyclic) bond motifs is 1. The standard InChI is InChI=1S/C16H15ClFN3O3/c17-11-12-7(14(22)8(4-20-12)15(23)24)3-9(18)13(11)21-5-10(19)16(6-21)1-2-16/h3-4,10H,1-2,5-6,19H2,(H,20,22)(H,23,24). The smallest absolute Gasteiger partial charge is 0.341 e. The number of anilines is 1. The van der Waals surface area contributed by atoms with Crippen molar-refractivity contribution in [1.82, 2.24) is 4.98 Å². The number of aromatic carboxylic acids is 1. The average molecular weight is 352 g/mol. The maximum absolute atomic E-state index is 14.7. The van der Waals surface area contributed by atoms with E-state index in [1.165, 1.54) is 0 Å². The zero-order valence-electron chi connectivity index (χ0n) is 12.6. The number of nitrogens with zero attached hydrogens (tertiary/aromatic N) is 1. The predicted molar refractivity (Wildman–Crippen MR) is 88.4 cm³/mol. The van der Waals surface area contributed by atoms with Crippen molar-refractivity contribution in [2.75, 3.05) is 18.0 Å². The summed E-state index contributed by atoms with van der Waals surface area (Å²) in [4.78, 5) is 27.8. The number of carbonyl (C=O) groups is 1. The van der Waals surface area contributed by atoms with E-state index in [1.54, 1.807) is 0 Å². The summed E-state index contributed by atoms with van der Waals surface area (Å²) in [5, 5.41) is 9.01. The summed E-state index contributed by atoms with van der Waals surface area (Å²) in [5.74, 6) is -2.02. The number of aromatic nitrogens is 1. The van der Waals surface area contributed by atoms with Crippen molar-refractivity contribution in [3.63, 3.8) is 0 Å². The molecular formula is C16H15ClFN3O3. The molecule has 8 heteroatoms. The molecule has 2 aromatic rings. The molecule has 0 amide bonds. The molecule has 24 heavy (non-hydrogen) atoms. The van der Waals surface area contributed by atoms with Crippen LogP contribution in [0, 0.1) is 11.2 Å². The Kier molecular flexibility index (Phi) is 3.17. The van der Waals surface area contributed by atoms with Crippen LogP contribution in [-0.4, -0.2) is 35.2 Å². The van der Waals surface area contributed by atoms with E-state index in [9.17, 15) is 14.0 Å². The molecule has 2 heterocycles. The summed E-state index contributed by atoms with van der Waals surface area (Å²) < 4.78 is 14.7. The number of rotatable bonds is 2. The van der Waals surface area contributed by atoms with Gasteiger partial charge in [0.1, 0.15) is 11.4 Å². The highest BCUT2D eigenvalue weighted by molar-refractivity contribution is 6.37. The van der Waals surface area contributed by atoms with Crippen molar-refractivity contribution >= 4 is 34.2 Å². The number of pyridine rings is 1. The van der Waals surface area contributed by atoms with E-state index in [1.807, 2.05) is 4.90 Å². The van der Waals surface area contributed by atoms with Crippen LogP contribution >= 0.6 is 11.6 Å². The van der Waals surface area contributed by atoms with E-state index in [0.29, 0.717) is 13.1 Å². The minimum absolute atomic E-state index is 0.0305. The van der Waals surface area contributed by atoms with Gasteiger partial charge in [-0.3, -0.25) is 4.79 Å². The van der Waals surface area contributed by atoms with E-state index >= 15 is 0 Å². The second-order valence-electron chi connectivity index (χ2n) is 6.63. The van der Waals surface area contributed by atoms with Crippen LogP contribution in [0.15, 0.2) is 17.1 Å². The number of H-pyrrole nitrogens is 1. The van der Waals surface area contributed by atoms with Crippen LogP contribution in [0.1, 0.15) is 23.2 Å². The monoisotopic (exact) mass is 351 g/mol. The van der Waals surface area contributed by atoms with E-state index in [0.717, 1.165) is 25.1 Å². The molecule has 4 rings (SSSR count). The minimum Gasteiger partial charge on any atom is -0.477 e. The van der Waals surface area contributed by atoms with Gasteiger partial charge in [0.05, 0.1) is 21.6 Å². The Hall–Kier alpha value is -2.12. The first kappa shape index (κ1) is 15.4. The number of hydrogen-bond donors (Lipinski definition) is 3. The second kappa shape index (κ2) is 4.94. The third kappa shape index (κ3) is 2.04. The molecule has 1 aromatic heterocycles. The number of carboxylic acids is 1. The molecule has 0 radical (unpaired) electrons. The van der Waals surface area contributed by atoms with Crippen molar-refractivity contribution in [2.45, 2.75) is 18.9 Å². The molecule has 1 aromatic carbocycles. The first-order valence-electron chi connectivity index (χ1n) is 7.61. The molecule has 2 aliphatic rings. The van der Waals surface area contributed by atoms with Crippen LogP contribution in [0.5, 0.6) is 0 Å². The topological polar surface area (TPSA) is 99.4 Å². The van der Waals surface area contributed by atoms with Crippen molar-refractivity contribution < 1.29 is 14.3 Å². The summed E-state index contributed by atoms with van der Waals surface area (Å²) in [5.41, 5.74) is 5.43. The van der Waals surface area contributed by atoms with Gasteiger partial charge in [0.2, 0.25) is 5.43 Å². The first-order chi connectivity index (χ1) is 11.3. The highest BCUT2D eigenvalue weighted by Gasteiger charge is 2.54. The number of hydrogen-bond acceptors (Lipinski definition) is 4. The van der Waals surface area contributed by atoms with Crippen molar-refractivity contribution in [3.05, 3.63) is 38.9 Å². The van der Waals surface area contributed by atoms with Gasteiger partial charge < -0.3 is 20.7 Å². The Bertz CT molecular complexity index is 938. The van der Waals surface area contributed by atoms with Crippen LogP contribution in [0.3, 0.4) is 0 Å². The van der Waals surface area contributed by atoms with Crippen LogP contribution in [0.2, 0.25) is 5.02 Å². The van der Waals surface area contributed by atoms with Gasteiger partial charge in [-0.1, -0.05) is 11.6 Å². The third-order valence-electron chi connectivity index (χ3n) is 5.19. The van der Waals surface area contributed by atoms with Crippen LogP contribution < -0.4 is 16.1 Å². The number of carboxylic acid groups (broad SMARTS) is 1. The predicted octanol–water partition coefficient (Wildman–Crippen LogP) is 1.95. The Morgan fingerprint density at radius 3 is 2.79 bits per heavy atom. The number of halogens is 2. The van der Waals surface area contributed by atoms with Gasteiger partial charge in [-0.2, -0.15) is 0 Å². The molecule has 1 unspecified atom stereocenters. The van der Waals surface area contributed by atoms with Crippen LogP contribution in [0.25, 0.3) is 10.9 Å². The third-order valence-corrected chi connectivity index (χ3v) is 5.56. The van der Waals surface area contributed by atoms with Crippen molar-refractivity contribution in [2.24, 2.45) is 11.1 Å². The van der Waals surface area contributed by atoms with Crippen molar-refractivity contribution in [3.8, 4) is 0 Å². The molecule has 1 aliphatic carbocycles. The zero-order chi connectivity index (χ0) is 17.2. The van der Waals surface area contributed by atoms with Gasteiger partial charge in [-0.15, -0.1) is 0 Å².